The van der Waals surface area contributed by atoms with E-state index in [4.69, 9.17) is 5.21 Å². The summed E-state index contributed by atoms with van der Waals surface area (Å²) in [7, 11) is 1.87. The van der Waals surface area contributed by atoms with Gasteiger partial charge in [0.2, 0.25) is 5.91 Å². The van der Waals surface area contributed by atoms with Crippen molar-refractivity contribution in [1.29, 1.82) is 0 Å². The fourth-order valence-corrected chi connectivity index (χ4v) is 1.50. The van der Waals surface area contributed by atoms with E-state index in [1.54, 1.807) is 11.6 Å². The number of unbranched alkanes of at least 4 members (excludes halogenated alkanes) is 4. The highest BCUT2D eigenvalue weighted by Crippen LogP contribution is 2.05. The van der Waals surface area contributed by atoms with Gasteiger partial charge in [0, 0.05) is 19.2 Å². The molecule has 4 nitrogen and oxygen atoms in total. The van der Waals surface area contributed by atoms with Crippen molar-refractivity contribution < 1.29 is 10.0 Å². The highest BCUT2D eigenvalue weighted by atomic mass is 16.5. The molecule has 0 fully saturated rings. The van der Waals surface area contributed by atoms with Gasteiger partial charge in [-0.1, -0.05) is 38.2 Å². The van der Waals surface area contributed by atoms with Crippen LogP contribution in [0.1, 0.15) is 45.4 Å². The lowest BCUT2D eigenvalue weighted by Gasteiger charge is -1.98. The van der Waals surface area contributed by atoms with Gasteiger partial charge in [0.15, 0.2) is 0 Å². The smallest absolute Gasteiger partial charge is 0.243 e. The van der Waals surface area contributed by atoms with Crippen LogP contribution in [0.5, 0.6) is 0 Å². The van der Waals surface area contributed by atoms with Crippen molar-refractivity contribution in [2.24, 2.45) is 0 Å². The summed E-state index contributed by atoms with van der Waals surface area (Å²) in [5.41, 5.74) is 5.36. The molecule has 3 N–H and O–H groups in total. The van der Waals surface area contributed by atoms with Gasteiger partial charge in [-0.05, 0) is 44.4 Å². The van der Waals surface area contributed by atoms with E-state index in [9.17, 15) is 4.79 Å². The van der Waals surface area contributed by atoms with Crippen LogP contribution < -0.4 is 10.8 Å². The van der Waals surface area contributed by atoms with E-state index in [1.165, 1.54) is 0 Å². The molecule has 22 heavy (non-hydrogen) atoms. The van der Waals surface area contributed by atoms with E-state index in [1.807, 2.05) is 38.3 Å². The molecule has 0 spiro atoms. The summed E-state index contributed by atoms with van der Waals surface area (Å²) in [5, 5.41) is 11.2. The Balaban J connectivity index is 0. The molecule has 0 bridgehead atoms. The Morgan fingerprint density at radius 1 is 1.27 bits per heavy atom. The van der Waals surface area contributed by atoms with E-state index in [-0.39, 0.29) is 5.91 Å². The molecular weight excluding hydrogens is 276 g/mol. The Hall–Kier alpha value is -2.03. The molecule has 0 aromatic heterocycles. The zero-order valence-corrected chi connectivity index (χ0v) is 13.9. The molecule has 0 aromatic rings. The lowest BCUT2D eigenvalue weighted by molar-refractivity contribution is -0.129. The van der Waals surface area contributed by atoms with Crippen molar-refractivity contribution in [2.45, 2.75) is 45.4 Å². The Kier molecular flexibility index (Phi) is 19.2. The minimum atomic E-state index is -0.300. The molecule has 0 unspecified atom stereocenters. The number of hydroxylamine groups is 1. The van der Waals surface area contributed by atoms with Crippen LogP contribution in [0, 0.1) is 0 Å². The summed E-state index contributed by atoms with van der Waals surface area (Å²) in [4.78, 5) is 10.6. The van der Waals surface area contributed by atoms with Crippen LogP contribution in [0.3, 0.4) is 0 Å². The Bertz CT molecular complexity index is 392. The van der Waals surface area contributed by atoms with Gasteiger partial charge >= 0.3 is 0 Å². The number of likely N-dealkylation sites (N-methyl/N-ethyl adjacent to an activating group) is 1. The fraction of sp³-hybridized carbons (Fsp3) is 0.444. The van der Waals surface area contributed by atoms with Gasteiger partial charge in [-0.15, -0.1) is 5.73 Å². The van der Waals surface area contributed by atoms with Crippen molar-refractivity contribution in [1.82, 2.24) is 10.8 Å². The second-order valence-corrected chi connectivity index (χ2v) is 4.50. The highest BCUT2D eigenvalue weighted by Gasteiger charge is 1.97. The monoisotopic (exact) mass is 306 g/mol. The van der Waals surface area contributed by atoms with Crippen molar-refractivity contribution in [3.05, 3.63) is 55.0 Å². The normalized spacial score (nSPS) is 10.2. The van der Waals surface area contributed by atoms with Gasteiger partial charge in [0.1, 0.15) is 0 Å². The SMILES string of the molecule is C=C/C(=C\C=C/C)NC.C=C=CCCCCCCC(=O)NO. The number of amides is 1. The number of allylic oxidation sites excluding steroid dienone is 5. The fourth-order valence-electron chi connectivity index (χ4n) is 1.50. The maximum atomic E-state index is 10.6. The molecule has 0 radical (unpaired) electrons. The van der Waals surface area contributed by atoms with Crippen LogP contribution in [0.15, 0.2) is 55.0 Å². The first-order chi connectivity index (χ1) is 10.7. The standard InChI is InChI=1S/C10H17NO2.C8H13N/c1-2-3-4-5-6-7-8-9-10(12)11-13;1-4-6-7-8(5-2)9-3/h3,13H,1,4-9H2,(H,11,12);4-7,9H,2H2,1,3H3/b;6-4-,8-7+. The van der Waals surface area contributed by atoms with E-state index in [0.717, 1.165) is 37.8 Å². The van der Waals surface area contributed by atoms with Gasteiger partial charge < -0.3 is 5.32 Å². The second kappa shape index (κ2) is 19.0. The van der Waals surface area contributed by atoms with E-state index < -0.39 is 0 Å². The number of rotatable bonds is 10. The lowest BCUT2D eigenvalue weighted by atomic mass is 10.1. The summed E-state index contributed by atoms with van der Waals surface area (Å²) >= 11 is 0. The van der Waals surface area contributed by atoms with Crippen molar-refractivity contribution in [3.63, 3.8) is 0 Å². The first kappa shape index (κ1) is 22.3. The van der Waals surface area contributed by atoms with E-state index in [2.05, 4.69) is 24.2 Å². The van der Waals surface area contributed by atoms with Crippen LogP contribution in [0.4, 0.5) is 0 Å². The molecule has 0 aliphatic carbocycles. The van der Waals surface area contributed by atoms with Gasteiger partial charge in [0.25, 0.3) is 0 Å². The number of hydrogen-bond donors (Lipinski definition) is 3. The summed E-state index contributed by atoms with van der Waals surface area (Å²) in [6, 6.07) is 0. The second-order valence-electron chi connectivity index (χ2n) is 4.50. The van der Waals surface area contributed by atoms with Gasteiger partial charge in [-0.2, -0.15) is 0 Å². The Labute approximate surface area is 135 Å². The third-order valence-corrected chi connectivity index (χ3v) is 2.75. The van der Waals surface area contributed by atoms with E-state index in [0.29, 0.717) is 6.42 Å². The summed E-state index contributed by atoms with van der Waals surface area (Å²) in [6.45, 7) is 9.07. The van der Waals surface area contributed by atoms with Crippen molar-refractivity contribution in [2.75, 3.05) is 7.05 Å². The predicted molar refractivity (Wildman–Crippen MR) is 93.5 cm³/mol. The largest absolute Gasteiger partial charge is 0.388 e. The number of nitrogens with one attached hydrogen (secondary N) is 2. The molecular formula is C18H30N2O2. The molecule has 0 heterocycles. The average molecular weight is 306 g/mol. The number of carbonyl (C=O) groups is 1. The zero-order valence-electron chi connectivity index (χ0n) is 13.9. The van der Waals surface area contributed by atoms with Crippen molar-refractivity contribution in [3.8, 4) is 0 Å². The van der Waals surface area contributed by atoms with Crippen LogP contribution in [-0.2, 0) is 4.79 Å². The summed E-state index contributed by atoms with van der Waals surface area (Å²) in [5.74, 6) is -0.300. The number of carbonyl (C=O) groups excluding carboxylic acids is 1. The zero-order chi connectivity index (χ0) is 17.1. The first-order valence-corrected chi connectivity index (χ1v) is 7.56. The Morgan fingerprint density at radius 3 is 2.45 bits per heavy atom. The highest BCUT2D eigenvalue weighted by molar-refractivity contribution is 5.74. The number of hydrogen-bond acceptors (Lipinski definition) is 3. The Morgan fingerprint density at radius 2 is 1.95 bits per heavy atom. The van der Waals surface area contributed by atoms with Gasteiger partial charge in [-0.25, -0.2) is 5.48 Å². The van der Waals surface area contributed by atoms with E-state index >= 15 is 0 Å². The summed E-state index contributed by atoms with van der Waals surface area (Å²) < 4.78 is 0. The van der Waals surface area contributed by atoms with Crippen LogP contribution in [-0.4, -0.2) is 18.2 Å². The molecule has 0 aromatic carbocycles. The van der Waals surface area contributed by atoms with Gasteiger partial charge in [-0.3, -0.25) is 10.0 Å². The predicted octanol–water partition coefficient (Wildman–Crippen LogP) is 4.03. The van der Waals surface area contributed by atoms with Crippen LogP contribution >= 0.6 is 0 Å². The molecule has 4 heteroatoms. The maximum Gasteiger partial charge on any atom is 0.243 e. The molecule has 0 aliphatic heterocycles. The molecule has 0 saturated carbocycles. The molecule has 0 aliphatic rings. The minimum Gasteiger partial charge on any atom is -0.388 e. The van der Waals surface area contributed by atoms with Gasteiger partial charge in [0.05, 0.1) is 0 Å². The topological polar surface area (TPSA) is 61.4 Å². The third kappa shape index (κ3) is 18.0. The third-order valence-electron chi connectivity index (χ3n) is 2.75. The molecule has 0 rings (SSSR count). The lowest BCUT2D eigenvalue weighted by Crippen LogP contribution is -2.17. The van der Waals surface area contributed by atoms with Crippen molar-refractivity contribution >= 4 is 5.91 Å². The average Bonchev–Trinajstić information content (AvgIpc) is 2.55. The van der Waals surface area contributed by atoms with Crippen LogP contribution in [0.25, 0.3) is 0 Å². The molecule has 0 atom stereocenters. The maximum absolute atomic E-state index is 10.6. The summed E-state index contributed by atoms with van der Waals surface area (Å²) in [6.07, 6.45) is 15.1. The molecule has 0 saturated heterocycles. The minimum absolute atomic E-state index is 0.300. The molecule has 1 amide bonds. The first-order valence-electron chi connectivity index (χ1n) is 7.56. The quantitative estimate of drug-likeness (QED) is 0.188. The molecule has 124 valence electrons. The van der Waals surface area contributed by atoms with Crippen LogP contribution in [0.2, 0.25) is 0 Å².